The Labute approximate surface area is 81.9 Å². The fourth-order valence-electron chi connectivity index (χ4n) is 1.41. The smallest absolute Gasteiger partial charge is 0.223 e. The van der Waals surface area contributed by atoms with Crippen molar-refractivity contribution in [3.63, 3.8) is 0 Å². The van der Waals surface area contributed by atoms with Crippen LogP contribution in [0.5, 0.6) is 0 Å². The molecule has 0 fully saturated rings. The standard InChI is InChI=1S/C11H11NO2/c1-8(13)12(2)10-5-3-4-9-6-7-14-11(9)10/h3-7H,1-2H3. The Bertz CT molecular complexity index is 473. The molecule has 3 nitrogen and oxygen atoms in total. The first-order valence-electron chi connectivity index (χ1n) is 4.40. The number of hydrogen-bond acceptors (Lipinski definition) is 2. The van der Waals surface area contributed by atoms with Crippen LogP contribution in [0.25, 0.3) is 11.0 Å². The van der Waals surface area contributed by atoms with Crippen LogP contribution in [-0.2, 0) is 4.79 Å². The van der Waals surface area contributed by atoms with Crippen LogP contribution >= 0.6 is 0 Å². The summed E-state index contributed by atoms with van der Waals surface area (Å²) < 4.78 is 5.33. The molecule has 0 bridgehead atoms. The molecule has 0 unspecified atom stereocenters. The highest BCUT2D eigenvalue weighted by atomic mass is 16.3. The zero-order valence-corrected chi connectivity index (χ0v) is 8.15. The molecule has 2 rings (SSSR count). The van der Waals surface area contributed by atoms with Gasteiger partial charge in [0.25, 0.3) is 0 Å². The summed E-state index contributed by atoms with van der Waals surface area (Å²) in [5.74, 6) is -0.00565. The van der Waals surface area contributed by atoms with Gasteiger partial charge >= 0.3 is 0 Å². The fourth-order valence-corrected chi connectivity index (χ4v) is 1.41. The lowest BCUT2D eigenvalue weighted by Gasteiger charge is -2.14. The molecule has 2 aromatic rings. The van der Waals surface area contributed by atoms with E-state index in [4.69, 9.17) is 4.42 Å². The molecule has 1 aromatic heterocycles. The van der Waals surface area contributed by atoms with E-state index < -0.39 is 0 Å². The van der Waals surface area contributed by atoms with Crippen molar-refractivity contribution in [1.82, 2.24) is 0 Å². The second-order valence-electron chi connectivity index (χ2n) is 3.19. The molecule has 0 atom stereocenters. The third-order valence-corrected chi connectivity index (χ3v) is 2.29. The molecule has 1 heterocycles. The van der Waals surface area contributed by atoms with Crippen molar-refractivity contribution >= 4 is 22.6 Å². The molecule has 1 amide bonds. The van der Waals surface area contributed by atoms with Crippen LogP contribution in [0, 0.1) is 0 Å². The van der Waals surface area contributed by atoms with E-state index in [1.54, 1.807) is 18.2 Å². The third kappa shape index (κ3) is 1.27. The molecule has 0 N–H and O–H groups in total. The van der Waals surface area contributed by atoms with Crippen LogP contribution < -0.4 is 4.90 Å². The Morgan fingerprint density at radius 3 is 2.86 bits per heavy atom. The van der Waals surface area contributed by atoms with Crippen molar-refractivity contribution in [2.45, 2.75) is 6.92 Å². The summed E-state index contributed by atoms with van der Waals surface area (Å²) in [5, 5.41) is 1.01. The fraction of sp³-hybridized carbons (Fsp3) is 0.182. The zero-order valence-electron chi connectivity index (χ0n) is 8.15. The number of carbonyl (C=O) groups is 1. The van der Waals surface area contributed by atoms with Crippen molar-refractivity contribution in [3.05, 3.63) is 30.5 Å². The van der Waals surface area contributed by atoms with Gasteiger partial charge in [0.05, 0.1) is 12.0 Å². The molecule has 0 aliphatic carbocycles. The molecule has 3 heteroatoms. The predicted octanol–water partition coefficient (Wildman–Crippen LogP) is 2.42. The maximum atomic E-state index is 11.2. The number of carbonyl (C=O) groups excluding carboxylic acids is 1. The van der Waals surface area contributed by atoms with E-state index in [9.17, 15) is 4.79 Å². The highest BCUT2D eigenvalue weighted by molar-refractivity contribution is 5.99. The lowest BCUT2D eigenvalue weighted by molar-refractivity contribution is -0.116. The molecule has 0 aliphatic rings. The lowest BCUT2D eigenvalue weighted by Crippen LogP contribution is -2.22. The summed E-state index contributed by atoms with van der Waals surface area (Å²) in [6.45, 7) is 1.53. The van der Waals surface area contributed by atoms with Gasteiger partial charge in [-0.25, -0.2) is 0 Å². The summed E-state index contributed by atoms with van der Waals surface area (Å²) in [6, 6.07) is 7.61. The topological polar surface area (TPSA) is 33.5 Å². The number of benzene rings is 1. The van der Waals surface area contributed by atoms with E-state index >= 15 is 0 Å². The Hall–Kier alpha value is -1.77. The molecular formula is C11H11NO2. The van der Waals surface area contributed by atoms with E-state index in [-0.39, 0.29) is 5.91 Å². The van der Waals surface area contributed by atoms with Crippen LogP contribution in [0.3, 0.4) is 0 Å². The number of furan rings is 1. The Balaban J connectivity index is 2.61. The number of rotatable bonds is 1. The van der Waals surface area contributed by atoms with Gasteiger partial charge in [-0.3, -0.25) is 4.79 Å². The highest BCUT2D eigenvalue weighted by Gasteiger charge is 2.10. The summed E-state index contributed by atoms with van der Waals surface area (Å²) in [7, 11) is 1.74. The molecule has 0 radical (unpaired) electrons. The molecule has 1 aromatic carbocycles. The van der Waals surface area contributed by atoms with E-state index in [1.165, 1.54) is 6.92 Å². The van der Waals surface area contributed by atoms with Crippen LogP contribution in [0.1, 0.15) is 6.92 Å². The van der Waals surface area contributed by atoms with E-state index in [0.717, 1.165) is 16.7 Å². The van der Waals surface area contributed by atoms with Gasteiger partial charge in [-0.05, 0) is 12.1 Å². The monoisotopic (exact) mass is 189 g/mol. The van der Waals surface area contributed by atoms with Gasteiger partial charge in [-0.15, -0.1) is 0 Å². The summed E-state index contributed by atoms with van der Waals surface area (Å²) in [4.78, 5) is 12.8. The van der Waals surface area contributed by atoms with Crippen molar-refractivity contribution < 1.29 is 9.21 Å². The van der Waals surface area contributed by atoms with Gasteiger partial charge in [0.15, 0.2) is 5.58 Å². The quantitative estimate of drug-likeness (QED) is 0.690. The summed E-state index contributed by atoms with van der Waals surface area (Å²) in [6.07, 6.45) is 1.63. The largest absolute Gasteiger partial charge is 0.462 e. The predicted molar refractivity (Wildman–Crippen MR) is 55.3 cm³/mol. The van der Waals surface area contributed by atoms with Crippen molar-refractivity contribution in [1.29, 1.82) is 0 Å². The number of amides is 1. The molecule has 0 spiro atoms. The Morgan fingerprint density at radius 2 is 2.14 bits per heavy atom. The van der Waals surface area contributed by atoms with Crippen molar-refractivity contribution in [3.8, 4) is 0 Å². The van der Waals surface area contributed by atoms with Crippen LogP contribution in [-0.4, -0.2) is 13.0 Å². The van der Waals surface area contributed by atoms with E-state index in [1.807, 2.05) is 24.3 Å². The van der Waals surface area contributed by atoms with Crippen LogP contribution in [0.4, 0.5) is 5.69 Å². The minimum atomic E-state index is -0.00565. The van der Waals surface area contributed by atoms with E-state index in [2.05, 4.69) is 0 Å². The number of fused-ring (bicyclic) bond motifs is 1. The highest BCUT2D eigenvalue weighted by Crippen LogP contribution is 2.26. The summed E-state index contributed by atoms with van der Waals surface area (Å²) >= 11 is 0. The van der Waals surface area contributed by atoms with Crippen LogP contribution in [0.2, 0.25) is 0 Å². The first-order chi connectivity index (χ1) is 6.70. The van der Waals surface area contributed by atoms with Gasteiger partial charge in [0, 0.05) is 19.4 Å². The molecular weight excluding hydrogens is 178 g/mol. The molecule has 72 valence electrons. The second kappa shape index (κ2) is 3.18. The summed E-state index contributed by atoms with van der Waals surface area (Å²) in [5.41, 5.74) is 1.56. The second-order valence-corrected chi connectivity index (χ2v) is 3.19. The van der Waals surface area contributed by atoms with Gasteiger partial charge in [0.2, 0.25) is 5.91 Å². The lowest BCUT2D eigenvalue weighted by atomic mass is 10.2. The van der Waals surface area contributed by atoms with Gasteiger partial charge in [0.1, 0.15) is 0 Å². The average molecular weight is 189 g/mol. The van der Waals surface area contributed by atoms with Gasteiger partial charge in [-0.2, -0.15) is 0 Å². The number of para-hydroxylation sites is 1. The minimum Gasteiger partial charge on any atom is -0.462 e. The SMILES string of the molecule is CC(=O)N(C)c1cccc2ccoc12. The van der Waals surface area contributed by atoms with Crippen molar-refractivity contribution in [2.24, 2.45) is 0 Å². The Morgan fingerprint density at radius 1 is 1.36 bits per heavy atom. The number of nitrogens with zero attached hydrogens (tertiary/aromatic N) is 1. The molecule has 0 saturated heterocycles. The van der Waals surface area contributed by atoms with E-state index in [0.29, 0.717) is 0 Å². The van der Waals surface area contributed by atoms with Crippen molar-refractivity contribution in [2.75, 3.05) is 11.9 Å². The normalized spacial score (nSPS) is 10.4. The molecule has 0 aliphatic heterocycles. The third-order valence-electron chi connectivity index (χ3n) is 2.29. The van der Waals surface area contributed by atoms with Gasteiger partial charge < -0.3 is 9.32 Å². The maximum absolute atomic E-state index is 11.2. The first kappa shape index (κ1) is 8.81. The number of hydrogen-bond donors (Lipinski definition) is 0. The van der Waals surface area contributed by atoms with Crippen LogP contribution in [0.15, 0.2) is 34.9 Å². The Kier molecular flexibility index (Phi) is 2.00. The first-order valence-corrected chi connectivity index (χ1v) is 4.40. The maximum Gasteiger partial charge on any atom is 0.223 e. The number of anilines is 1. The zero-order chi connectivity index (χ0) is 10.1. The average Bonchev–Trinajstić information content (AvgIpc) is 2.63. The molecule has 14 heavy (non-hydrogen) atoms. The van der Waals surface area contributed by atoms with Gasteiger partial charge in [-0.1, -0.05) is 12.1 Å². The molecule has 0 saturated carbocycles. The minimum absolute atomic E-state index is 0.00565.